The number of nitrogens with one attached hydrogen (secondary N) is 1. The molecule has 0 aromatic heterocycles. The van der Waals surface area contributed by atoms with Crippen molar-refractivity contribution in [2.24, 2.45) is 16.9 Å². The number of nitrogens with two attached hydrogens (primary N) is 2. The molecular formula is C11H19N3O3S. The van der Waals surface area contributed by atoms with Crippen LogP contribution in [0.1, 0.15) is 26.2 Å². The molecule has 0 spiro atoms. The molecule has 2 amide bonds. The minimum atomic E-state index is -0.862. The zero-order valence-corrected chi connectivity index (χ0v) is 11.2. The monoisotopic (exact) mass is 273 g/mol. The molecule has 1 heterocycles. The van der Waals surface area contributed by atoms with Gasteiger partial charge in [-0.15, -0.1) is 0 Å². The van der Waals surface area contributed by atoms with Crippen molar-refractivity contribution >= 4 is 29.0 Å². The Labute approximate surface area is 111 Å². The van der Waals surface area contributed by atoms with Crippen molar-refractivity contribution in [1.82, 2.24) is 5.32 Å². The molecule has 5 N–H and O–H groups in total. The third-order valence-corrected chi connectivity index (χ3v) is 3.53. The first-order chi connectivity index (χ1) is 8.38. The van der Waals surface area contributed by atoms with Crippen molar-refractivity contribution in [1.29, 1.82) is 0 Å². The van der Waals surface area contributed by atoms with Crippen molar-refractivity contribution in [3.63, 3.8) is 0 Å². The molecule has 1 rings (SSSR count). The van der Waals surface area contributed by atoms with E-state index in [0.717, 1.165) is 0 Å². The summed E-state index contributed by atoms with van der Waals surface area (Å²) in [5, 5.41) is 2.74. The van der Waals surface area contributed by atoms with Crippen molar-refractivity contribution < 1.29 is 14.3 Å². The molecule has 18 heavy (non-hydrogen) atoms. The van der Waals surface area contributed by atoms with Gasteiger partial charge in [0.05, 0.1) is 4.99 Å². The molecule has 1 atom stereocenters. The summed E-state index contributed by atoms with van der Waals surface area (Å²) in [4.78, 5) is 23.2. The van der Waals surface area contributed by atoms with Crippen molar-refractivity contribution in [3.8, 4) is 0 Å². The van der Waals surface area contributed by atoms with E-state index in [1.165, 1.54) is 0 Å². The van der Waals surface area contributed by atoms with Gasteiger partial charge in [-0.1, -0.05) is 12.2 Å². The van der Waals surface area contributed by atoms with E-state index in [2.05, 4.69) is 5.32 Å². The van der Waals surface area contributed by atoms with E-state index < -0.39 is 11.3 Å². The molecule has 0 aromatic rings. The molecule has 1 aliphatic rings. The molecule has 0 aliphatic carbocycles. The lowest BCUT2D eigenvalue weighted by atomic mass is 9.79. The minimum Gasteiger partial charge on any atom is -0.392 e. The average molecular weight is 273 g/mol. The normalized spacial score (nSPS) is 19.8. The molecule has 1 unspecified atom stereocenters. The molecule has 1 aliphatic heterocycles. The molecule has 0 bridgehead atoms. The summed E-state index contributed by atoms with van der Waals surface area (Å²) in [6.07, 6.45) is 1.03. The number of carbonyl (C=O) groups is 2. The van der Waals surface area contributed by atoms with E-state index in [4.69, 9.17) is 28.4 Å². The van der Waals surface area contributed by atoms with Gasteiger partial charge in [-0.05, 0) is 19.8 Å². The predicted molar refractivity (Wildman–Crippen MR) is 70.7 cm³/mol. The highest BCUT2D eigenvalue weighted by Gasteiger charge is 2.43. The lowest BCUT2D eigenvalue weighted by Crippen LogP contribution is -2.54. The third kappa shape index (κ3) is 3.39. The Bertz CT molecular complexity index is 353. The summed E-state index contributed by atoms with van der Waals surface area (Å²) in [6.45, 7) is 2.62. The van der Waals surface area contributed by atoms with Crippen LogP contribution in [-0.4, -0.2) is 36.1 Å². The summed E-state index contributed by atoms with van der Waals surface area (Å²) in [5.74, 6) is -0.703. The molecule has 1 fully saturated rings. The first-order valence-electron chi connectivity index (χ1n) is 5.85. The number of amides is 2. The number of primary amides is 1. The number of ether oxygens (including phenoxy) is 1. The molecule has 1 saturated heterocycles. The van der Waals surface area contributed by atoms with Gasteiger partial charge in [-0.3, -0.25) is 9.59 Å². The number of thiocarbonyl (C=S) groups is 1. The summed E-state index contributed by atoms with van der Waals surface area (Å²) in [7, 11) is 0. The third-order valence-electron chi connectivity index (χ3n) is 3.14. The first kappa shape index (κ1) is 14.8. The van der Waals surface area contributed by atoms with E-state index >= 15 is 0 Å². The summed E-state index contributed by atoms with van der Waals surface area (Å²) < 4.78 is 5.23. The number of hydrogen-bond donors (Lipinski definition) is 3. The fourth-order valence-corrected chi connectivity index (χ4v) is 2.32. The number of carbonyl (C=O) groups excluding carboxylic acids is 2. The van der Waals surface area contributed by atoms with Crippen LogP contribution in [0, 0.1) is 5.41 Å². The second-order valence-electron chi connectivity index (χ2n) is 4.60. The van der Waals surface area contributed by atoms with E-state index in [-0.39, 0.29) is 23.4 Å². The predicted octanol–water partition coefficient (Wildman–Crippen LogP) is -0.551. The second-order valence-corrected chi connectivity index (χ2v) is 5.04. The Hall–Kier alpha value is -1.21. The molecule has 0 radical (unpaired) electrons. The maximum absolute atomic E-state index is 12.3. The fraction of sp³-hybridized carbons (Fsp3) is 0.727. The maximum atomic E-state index is 12.3. The summed E-state index contributed by atoms with van der Waals surface area (Å²) >= 11 is 5.01. The zero-order valence-electron chi connectivity index (χ0n) is 10.4. The number of hydrogen-bond acceptors (Lipinski definition) is 4. The smallest absolute Gasteiger partial charge is 0.233 e. The van der Waals surface area contributed by atoms with Gasteiger partial charge in [0, 0.05) is 25.7 Å². The van der Waals surface area contributed by atoms with Gasteiger partial charge in [0.15, 0.2) is 0 Å². The van der Waals surface area contributed by atoms with Crippen LogP contribution in [0.15, 0.2) is 0 Å². The summed E-state index contributed by atoms with van der Waals surface area (Å²) in [6, 6.07) is -0.330. The zero-order chi connectivity index (χ0) is 13.8. The van der Waals surface area contributed by atoms with Gasteiger partial charge in [0.25, 0.3) is 0 Å². The maximum Gasteiger partial charge on any atom is 0.233 e. The van der Waals surface area contributed by atoms with Crippen molar-refractivity contribution in [3.05, 3.63) is 0 Å². The highest BCUT2D eigenvalue weighted by molar-refractivity contribution is 7.80. The summed E-state index contributed by atoms with van der Waals surface area (Å²) in [5.41, 5.74) is 9.92. The van der Waals surface area contributed by atoms with E-state index in [9.17, 15) is 9.59 Å². The van der Waals surface area contributed by atoms with Gasteiger partial charge in [-0.25, -0.2) is 0 Å². The Morgan fingerprint density at radius 3 is 2.39 bits per heavy atom. The quantitative estimate of drug-likeness (QED) is 0.583. The van der Waals surface area contributed by atoms with Crippen molar-refractivity contribution in [2.45, 2.75) is 32.2 Å². The van der Waals surface area contributed by atoms with Crippen LogP contribution in [0.25, 0.3) is 0 Å². The Morgan fingerprint density at radius 2 is 1.94 bits per heavy atom. The van der Waals surface area contributed by atoms with Gasteiger partial charge in [-0.2, -0.15) is 0 Å². The average Bonchev–Trinajstić information content (AvgIpc) is 2.28. The van der Waals surface area contributed by atoms with Crippen LogP contribution in [0.2, 0.25) is 0 Å². The SMILES string of the molecule is CC(CC(N)=O)NC(=O)C1(C(N)=S)CCOCC1. The van der Waals surface area contributed by atoms with Crippen LogP contribution in [-0.2, 0) is 14.3 Å². The lowest BCUT2D eigenvalue weighted by Gasteiger charge is -2.35. The molecule has 7 heteroatoms. The topological polar surface area (TPSA) is 107 Å². The molecule has 0 aromatic carbocycles. The fourth-order valence-electron chi connectivity index (χ4n) is 2.02. The molecule has 6 nitrogen and oxygen atoms in total. The van der Waals surface area contributed by atoms with Crippen LogP contribution >= 0.6 is 12.2 Å². The molecular weight excluding hydrogens is 254 g/mol. The molecule has 102 valence electrons. The first-order valence-corrected chi connectivity index (χ1v) is 6.26. The Morgan fingerprint density at radius 1 is 1.39 bits per heavy atom. The Balaban J connectivity index is 2.71. The van der Waals surface area contributed by atoms with Crippen LogP contribution in [0.3, 0.4) is 0 Å². The van der Waals surface area contributed by atoms with Crippen LogP contribution in [0.4, 0.5) is 0 Å². The highest BCUT2D eigenvalue weighted by atomic mass is 32.1. The van der Waals surface area contributed by atoms with Gasteiger partial charge in [0.2, 0.25) is 11.8 Å². The Kier molecular flexibility index (Phi) is 5.03. The van der Waals surface area contributed by atoms with E-state index in [1.807, 2.05) is 0 Å². The molecule has 0 saturated carbocycles. The van der Waals surface area contributed by atoms with Gasteiger partial charge in [0.1, 0.15) is 5.41 Å². The van der Waals surface area contributed by atoms with E-state index in [1.54, 1.807) is 6.92 Å². The largest absolute Gasteiger partial charge is 0.392 e. The highest BCUT2D eigenvalue weighted by Crippen LogP contribution is 2.31. The lowest BCUT2D eigenvalue weighted by molar-refractivity contribution is -0.132. The second kappa shape index (κ2) is 6.10. The van der Waals surface area contributed by atoms with Crippen molar-refractivity contribution in [2.75, 3.05) is 13.2 Å². The van der Waals surface area contributed by atoms with Crippen LogP contribution in [0.5, 0.6) is 0 Å². The minimum absolute atomic E-state index is 0.0929. The van der Waals surface area contributed by atoms with Gasteiger partial charge >= 0.3 is 0 Å². The van der Waals surface area contributed by atoms with Gasteiger partial charge < -0.3 is 21.5 Å². The van der Waals surface area contributed by atoms with E-state index in [0.29, 0.717) is 26.1 Å². The standard InChI is InChI=1S/C11H19N3O3S/c1-7(6-8(12)15)14-10(16)11(9(13)18)2-4-17-5-3-11/h7H,2-6H2,1H3,(H2,12,15)(H2,13,18)(H,14,16). The number of rotatable bonds is 5. The van der Waals surface area contributed by atoms with Crippen LogP contribution < -0.4 is 16.8 Å².